The highest BCUT2D eigenvalue weighted by atomic mass is 35.5. The van der Waals surface area contributed by atoms with Crippen LogP contribution >= 0.6 is 12.4 Å². The minimum Gasteiger partial charge on any atom is -0.326 e. The maximum atomic E-state index is 12.0. The Hall–Kier alpha value is -0.630. The van der Waals surface area contributed by atoms with E-state index >= 15 is 0 Å². The largest absolute Gasteiger partial charge is 0.326 e. The van der Waals surface area contributed by atoms with Gasteiger partial charge in [-0.2, -0.15) is 9.40 Å². The second kappa shape index (κ2) is 4.70. The molecular weight excluding hydrogens is 252 g/mol. The van der Waals surface area contributed by atoms with Crippen molar-refractivity contribution in [3.05, 3.63) is 12.4 Å². The van der Waals surface area contributed by atoms with E-state index in [9.17, 15) is 8.42 Å². The summed E-state index contributed by atoms with van der Waals surface area (Å²) in [5.74, 6) is 0. The summed E-state index contributed by atoms with van der Waals surface area (Å²) < 4.78 is 26.9. The number of nitrogens with two attached hydrogens (primary N) is 1. The third-order valence-corrected chi connectivity index (χ3v) is 4.32. The Morgan fingerprint density at radius 3 is 2.69 bits per heavy atom. The van der Waals surface area contributed by atoms with Crippen LogP contribution in [0.3, 0.4) is 0 Å². The normalized spacial score (nSPS) is 22.0. The van der Waals surface area contributed by atoms with Gasteiger partial charge in [-0.15, -0.1) is 12.4 Å². The number of halogens is 1. The van der Waals surface area contributed by atoms with Crippen LogP contribution < -0.4 is 5.73 Å². The smallest absolute Gasteiger partial charge is 0.246 e. The number of sulfonamides is 1. The maximum Gasteiger partial charge on any atom is 0.246 e. The van der Waals surface area contributed by atoms with Gasteiger partial charge in [-0.3, -0.25) is 4.68 Å². The van der Waals surface area contributed by atoms with E-state index in [1.165, 1.54) is 21.4 Å². The lowest BCUT2D eigenvalue weighted by atomic mass is 10.3. The van der Waals surface area contributed by atoms with Crippen LogP contribution in [0.5, 0.6) is 0 Å². The first-order valence-corrected chi connectivity index (χ1v) is 6.18. The maximum absolute atomic E-state index is 12.0. The molecule has 8 heteroatoms. The molecule has 1 aromatic heterocycles. The predicted molar refractivity (Wildman–Crippen MR) is 61.8 cm³/mol. The van der Waals surface area contributed by atoms with Crippen LogP contribution in [0.25, 0.3) is 0 Å². The molecule has 0 spiro atoms. The quantitative estimate of drug-likeness (QED) is 0.787. The standard InChI is InChI=1S/C8H14N4O2S.ClH/c1-11-6-8(4-10-11)15(13,14)12-3-2-7(9)5-12;/h4,6-7H,2-3,5,9H2,1H3;1H/t7-;/m0./s1. The molecule has 0 saturated carbocycles. The monoisotopic (exact) mass is 266 g/mol. The highest BCUT2D eigenvalue weighted by Crippen LogP contribution is 2.19. The molecular formula is C8H15ClN4O2S. The Morgan fingerprint density at radius 2 is 2.25 bits per heavy atom. The Labute approximate surface area is 101 Å². The third-order valence-electron chi connectivity index (χ3n) is 2.51. The van der Waals surface area contributed by atoms with Crippen LogP contribution in [-0.2, 0) is 17.1 Å². The lowest BCUT2D eigenvalue weighted by Gasteiger charge is -2.13. The van der Waals surface area contributed by atoms with Gasteiger partial charge < -0.3 is 5.73 Å². The van der Waals surface area contributed by atoms with Gasteiger partial charge in [-0.05, 0) is 6.42 Å². The van der Waals surface area contributed by atoms with E-state index in [1.807, 2.05) is 0 Å². The van der Waals surface area contributed by atoms with Gasteiger partial charge in [0.25, 0.3) is 0 Å². The second-order valence-electron chi connectivity index (χ2n) is 3.76. The van der Waals surface area contributed by atoms with Crippen molar-refractivity contribution >= 4 is 22.4 Å². The summed E-state index contributed by atoms with van der Waals surface area (Å²) in [6.07, 6.45) is 3.58. The van der Waals surface area contributed by atoms with Gasteiger partial charge in [0.2, 0.25) is 10.0 Å². The van der Waals surface area contributed by atoms with Gasteiger partial charge in [0.15, 0.2) is 0 Å². The van der Waals surface area contributed by atoms with Crippen molar-refractivity contribution in [2.24, 2.45) is 12.8 Å². The zero-order valence-electron chi connectivity index (χ0n) is 8.91. The fourth-order valence-electron chi connectivity index (χ4n) is 1.65. The summed E-state index contributed by atoms with van der Waals surface area (Å²) in [4.78, 5) is 0.235. The number of aryl methyl sites for hydroxylation is 1. The molecule has 2 rings (SSSR count). The Balaban J connectivity index is 0.00000128. The summed E-state index contributed by atoms with van der Waals surface area (Å²) in [5.41, 5.74) is 5.68. The minimum atomic E-state index is -3.38. The van der Waals surface area contributed by atoms with Crippen molar-refractivity contribution in [3.63, 3.8) is 0 Å². The molecule has 1 aromatic rings. The fraction of sp³-hybridized carbons (Fsp3) is 0.625. The first kappa shape index (κ1) is 13.4. The van der Waals surface area contributed by atoms with Crippen molar-refractivity contribution in [1.82, 2.24) is 14.1 Å². The number of rotatable bonds is 2. The molecule has 0 radical (unpaired) electrons. The molecule has 0 aromatic carbocycles. The molecule has 1 atom stereocenters. The molecule has 0 unspecified atom stereocenters. The Morgan fingerprint density at radius 1 is 1.56 bits per heavy atom. The van der Waals surface area contributed by atoms with Crippen LogP contribution in [0.2, 0.25) is 0 Å². The molecule has 0 bridgehead atoms. The highest BCUT2D eigenvalue weighted by molar-refractivity contribution is 7.89. The van der Waals surface area contributed by atoms with Gasteiger partial charge in [-0.25, -0.2) is 8.42 Å². The predicted octanol–water partition coefficient (Wildman–Crippen LogP) is -0.436. The molecule has 1 saturated heterocycles. The van der Waals surface area contributed by atoms with Crippen LogP contribution in [0.1, 0.15) is 6.42 Å². The van der Waals surface area contributed by atoms with Crippen molar-refractivity contribution in [3.8, 4) is 0 Å². The van der Waals surface area contributed by atoms with Crippen LogP contribution in [0.15, 0.2) is 17.3 Å². The average Bonchev–Trinajstić information content (AvgIpc) is 2.74. The van der Waals surface area contributed by atoms with E-state index in [0.29, 0.717) is 13.1 Å². The number of hydrogen-bond acceptors (Lipinski definition) is 4. The summed E-state index contributed by atoms with van der Waals surface area (Å²) in [7, 11) is -1.69. The average molecular weight is 267 g/mol. The van der Waals surface area contributed by atoms with E-state index in [4.69, 9.17) is 5.73 Å². The summed E-state index contributed by atoms with van der Waals surface area (Å²) >= 11 is 0. The molecule has 1 aliphatic rings. The second-order valence-corrected chi connectivity index (χ2v) is 5.70. The van der Waals surface area contributed by atoms with Crippen molar-refractivity contribution < 1.29 is 8.42 Å². The zero-order valence-corrected chi connectivity index (χ0v) is 10.5. The van der Waals surface area contributed by atoms with Gasteiger partial charge >= 0.3 is 0 Å². The lowest BCUT2D eigenvalue weighted by molar-refractivity contribution is 0.472. The van der Waals surface area contributed by atoms with Crippen LogP contribution in [-0.4, -0.2) is 41.6 Å². The molecule has 0 aliphatic carbocycles. The summed E-state index contributed by atoms with van der Waals surface area (Å²) in [6.45, 7) is 0.898. The van der Waals surface area contributed by atoms with E-state index < -0.39 is 10.0 Å². The van der Waals surface area contributed by atoms with Gasteiger partial charge in [0, 0.05) is 32.4 Å². The molecule has 6 nitrogen and oxygen atoms in total. The number of nitrogens with zero attached hydrogens (tertiary/aromatic N) is 3. The topological polar surface area (TPSA) is 81.2 Å². The minimum absolute atomic E-state index is 0. The number of aromatic nitrogens is 2. The first-order chi connectivity index (χ1) is 7.00. The van der Waals surface area contributed by atoms with Crippen LogP contribution in [0, 0.1) is 0 Å². The summed E-state index contributed by atoms with van der Waals surface area (Å²) in [5, 5.41) is 3.85. The van der Waals surface area contributed by atoms with Crippen molar-refractivity contribution in [2.45, 2.75) is 17.4 Å². The molecule has 92 valence electrons. The zero-order chi connectivity index (χ0) is 11.1. The Bertz CT molecular complexity index is 458. The molecule has 2 N–H and O–H groups in total. The molecule has 16 heavy (non-hydrogen) atoms. The van der Waals surface area contributed by atoms with Crippen molar-refractivity contribution in [1.29, 1.82) is 0 Å². The van der Waals surface area contributed by atoms with E-state index in [2.05, 4.69) is 5.10 Å². The summed E-state index contributed by atoms with van der Waals surface area (Å²) in [6, 6.07) is -0.0450. The van der Waals surface area contributed by atoms with Gasteiger partial charge in [0.05, 0.1) is 6.20 Å². The van der Waals surface area contributed by atoms with E-state index in [0.717, 1.165) is 6.42 Å². The lowest BCUT2D eigenvalue weighted by Crippen LogP contribution is -2.31. The first-order valence-electron chi connectivity index (χ1n) is 4.74. The highest BCUT2D eigenvalue weighted by Gasteiger charge is 2.31. The fourth-order valence-corrected chi connectivity index (χ4v) is 3.15. The number of hydrogen-bond donors (Lipinski definition) is 1. The van der Waals surface area contributed by atoms with Gasteiger partial charge in [-0.1, -0.05) is 0 Å². The van der Waals surface area contributed by atoms with Gasteiger partial charge in [0.1, 0.15) is 4.90 Å². The van der Waals surface area contributed by atoms with Crippen molar-refractivity contribution in [2.75, 3.05) is 13.1 Å². The molecule has 1 fully saturated rings. The van der Waals surface area contributed by atoms with E-state index in [-0.39, 0.29) is 23.3 Å². The Kier molecular flexibility index (Phi) is 3.95. The molecule has 0 amide bonds. The molecule has 1 aliphatic heterocycles. The van der Waals surface area contributed by atoms with Crippen LogP contribution in [0.4, 0.5) is 0 Å². The SMILES string of the molecule is Cl.Cn1cc(S(=O)(=O)N2CC[C@H](N)C2)cn1. The molecule has 2 heterocycles. The van der Waals surface area contributed by atoms with E-state index in [1.54, 1.807) is 7.05 Å². The third kappa shape index (κ3) is 2.37.